The van der Waals surface area contributed by atoms with Crippen LogP contribution in [0.25, 0.3) is 0 Å². The van der Waals surface area contributed by atoms with Crippen LogP contribution in [0.1, 0.15) is 36.5 Å². The SMILES string of the molecule is Cc1ccccc1CN1C(=O)[C@H]2N(C(=O)[C@@H](O)[C@H](Cc3ccccc3)NC(=O)[C@@H]3CCCO3)CSC21C. The summed E-state index contributed by atoms with van der Waals surface area (Å²) in [6, 6.07) is 15.9. The van der Waals surface area contributed by atoms with Crippen LogP contribution in [0.2, 0.25) is 0 Å². The molecule has 3 saturated heterocycles. The van der Waals surface area contributed by atoms with Gasteiger partial charge in [-0.25, -0.2) is 0 Å². The van der Waals surface area contributed by atoms with Gasteiger partial charge in [0.1, 0.15) is 17.0 Å². The molecule has 0 bridgehead atoms. The lowest BCUT2D eigenvalue weighted by atomic mass is 9.91. The van der Waals surface area contributed by atoms with Gasteiger partial charge in [0.15, 0.2) is 6.10 Å². The van der Waals surface area contributed by atoms with E-state index in [2.05, 4.69) is 5.32 Å². The van der Waals surface area contributed by atoms with Crippen molar-refractivity contribution in [3.8, 4) is 0 Å². The van der Waals surface area contributed by atoms with E-state index in [4.69, 9.17) is 4.74 Å². The van der Waals surface area contributed by atoms with Crippen molar-refractivity contribution in [3.05, 3.63) is 71.3 Å². The Morgan fingerprint density at radius 2 is 1.92 bits per heavy atom. The Labute approximate surface area is 221 Å². The van der Waals surface area contributed by atoms with Crippen molar-refractivity contribution in [3.63, 3.8) is 0 Å². The smallest absolute Gasteiger partial charge is 0.255 e. The second-order valence-corrected chi connectivity index (χ2v) is 11.5. The first-order chi connectivity index (χ1) is 17.8. The van der Waals surface area contributed by atoms with E-state index < -0.39 is 35.1 Å². The maximum Gasteiger partial charge on any atom is 0.255 e. The number of hydrogen-bond acceptors (Lipinski definition) is 6. The number of carbonyl (C=O) groups is 3. The van der Waals surface area contributed by atoms with Crippen LogP contribution in [0, 0.1) is 6.92 Å². The number of amides is 3. The van der Waals surface area contributed by atoms with Crippen molar-refractivity contribution in [1.29, 1.82) is 0 Å². The lowest BCUT2D eigenvalue weighted by Crippen LogP contribution is -2.73. The average molecular weight is 524 g/mol. The third kappa shape index (κ3) is 4.87. The number of thioether (sulfide) groups is 1. The lowest BCUT2D eigenvalue weighted by Gasteiger charge is -2.53. The second-order valence-electron chi connectivity index (χ2n) is 10.1. The van der Waals surface area contributed by atoms with Gasteiger partial charge >= 0.3 is 0 Å². The first kappa shape index (κ1) is 25.8. The fourth-order valence-corrected chi connectivity index (χ4v) is 6.80. The number of aliphatic hydroxyl groups excluding tert-OH is 1. The van der Waals surface area contributed by atoms with E-state index in [1.807, 2.05) is 73.3 Å². The van der Waals surface area contributed by atoms with Gasteiger partial charge in [0, 0.05) is 13.2 Å². The standard InChI is InChI=1S/C28H33N3O5S/c1-18-9-6-7-12-20(18)16-31-27(35)24-28(31,2)37-17-30(24)26(34)23(32)21(15-19-10-4-3-5-11-19)29-25(33)22-13-8-14-36-22/h3-7,9-12,21-24,32H,8,13-17H2,1-2H3,(H,29,33)/t21-,22-,23-,24+,28?/m0/s1. The molecule has 9 heteroatoms. The van der Waals surface area contributed by atoms with E-state index in [0.717, 1.165) is 23.1 Å². The molecule has 2 aromatic rings. The van der Waals surface area contributed by atoms with Crippen LogP contribution in [0.15, 0.2) is 54.6 Å². The second kappa shape index (κ2) is 10.5. The molecule has 0 saturated carbocycles. The minimum absolute atomic E-state index is 0.126. The molecule has 3 fully saturated rings. The highest BCUT2D eigenvalue weighted by Gasteiger charge is 2.65. The molecule has 0 aromatic heterocycles. The summed E-state index contributed by atoms with van der Waals surface area (Å²) in [7, 11) is 0. The monoisotopic (exact) mass is 523 g/mol. The molecule has 5 rings (SSSR count). The molecule has 3 heterocycles. The Morgan fingerprint density at radius 1 is 1.19 bits per heavy atom. The van der Waals surface area contributed by atoms with Gasteiger partial charge in [0.05, 0.1) is 11.9 Å². The molecule has 0 radical (unpaired) electrons. The van der Waals surface area contributed by atoms with Crippen LogP contribution >= 0.6 is 11.8 Å². The van der Waals surface area contributed by atoms with Crippen molar-refractivity contribution in [2.24, 2.45) is 0 Å². The normalized spacial score (nSPS) is 26.4. The molecule has 0 spiro atoms. The zero-order valence-corrected chi connectivity index (χ0v) is 21.9. The summed E-state index contributed by atoms with van der Waals surface area (Å²) in [5, 5.41) is 14.1. The minimum Gasteiger partial charge on any atom is -0.381 e. The minimum atomic E-state index is -1.49. The maximum atomic E-state index is 13.6. The maximum absolute atomic E-state index is 13.6. The lowest BCUT2D eigenvalue weighted by molar-refractivity contribution is -0.168. The summed E-state index contributed by atoms with van der Waals surface area (Å²) < 4.78 is 5.50. The Morgan fingerprint density at radius 3 is 2.62 bits per heavy atom. The van der Waals surface area contributed by atoms with E-state index in [0.29, 0.717) is 25.4 Å². The first-order valence-electron chi connectivity index (χ1n) is 12.7. The summed E-state index contributed by atoms with van der Waals surface area (Å²) in [6.07, 6.45) is -0.374. The number of carbonyl (C=O) groups excluding carboxylic acids is 3. The third-order valence-corrected chi connectivity index (χ3v) is 9.14. The molecule has 8 nitrogen and oxygen atoms in total. The third-order valence-electron chi connectivity index (χ3n) is 7.71. The van der Waals surface area contributed by atoms with Gasteiger partial charge in [-0.1, -0.05) is 54.6 Å². The van der Waals surface area contributed by atoms with Crippen molar-refractivity contribution in [1.82, 2.24) is 15.1 Å². The number of nitrogens with zero attached hydrogens (tertiary/aromatic N) is 2. The zero-order chi connectivity index (χ0) is 26.2. The van der Waals surface area contributed by atoms with Gasteiger partial charge in [-0.15, -0.1) is 11.8 Å². The molecular formula is C28H33N3O5S. The predicted molar refractivity (Wildman–Crippen MR) is 140 cm³/mol. The highest BCUT2D eigenvalue weighted by molar-refractivity contribution is 8.01. The number of aliphatic hydroxyl groups is 1. The highest BCUT2D eigenvalue weighted by Crippen LogP contribution is 2.51. The number of β-lactam (4-membered cyclic amide) rings is 1. The first-order valence-corrected chi connectivity index (χ1v) is 13.7. The van der Waals surface area contributed by atoms with Crippen LogP contribution in [0.4, 0.5) is 0 Å². The molecule has 37 heavy (non-hydrogen) atoms. The predicted octanol–water partition coefficient (Wildman–Crippen LogP) is 2.22. The van der Waals surface area contributed by atoms with Crippen molar-refractivity contribution in [2.45, 2.75) is 68.8 Å². The molecule has 0 aliphatic carbocycles. The largest absolute Gasteiger partial charge is 0.381 e. The van der Waals surface area contributed by atoms with Crippen molar-refractivity contribution >= 4 is 29.5 Å². The number of hydrogen-bond donors (Lipinski definition) is 2. The average Bonchev–Trinajstić information content (AvgIpc) is 3.55. The number of likely N-dealkylation sites (tertiary alicyclic amines) is 1. The van der Waals surface area contributed by atoms with Crippen LogP contribution in [0.5, 0.6) is 0 Å². The van der Waals surface area contributed by atoms with Crippen LogP contribution in [-0.2, 0) is 32.1 Å². The summed E-state index contributed by atoms with van der Waals surface area (Å²) in [6.45, 7) is 4.99. The van der Waals surface area contributed by atoms with Crippen molar-refractivity contribution in [2.75, 3.05) is 12.5 Å². The fraction of sp³-hybridized carbons (Fsp3) is 0.464. The number of fused-ring (bicyclic) bond motifs is 1. The van der Waals surface area contributed by atoms with E-state index in [1.165, 1.54) is 16.7 Å². The molecule has 3 amide bonds. The Bertz CT molecular complexity index is 1170. The number of aryl methyl sites for hydroxylation is 1. The molecule has 2 aromatic carbocycles. The van der Waals surface area contributed by atoms with Gasteiger partial charge in [-0.3, -0.25) is 14.4 Å². The van der Waals surface area contributed by atoms with Crippen molar-refractivity contribution < 1.29 is 24.2 Å². The topological polar surface area (TPSA) is 99.2 Å². The Hall–Kier alpha value is -2.88. The Balaban J connectivity index is 1.31. The molecule has 5 atom stereocenters. The van der Waals surface area contributed by atoms with Gasteiger partial charge in [-0.2, -0.15) is 0 Å². The van der Waals surface area contributed by atoms with Gasteiger partial charge in [0.2, 0.25) is 11.8 Å². The summed E-state index contributed by atoms with van der Waals surface area (Å²) in [5.74, 6) is -0.696. The van der Waals surface area contributed by atoms with Gasteiger partial charge in [0.25, 0.3) is 5.91 Å². The zero-order valence-electron chi connectivity index (χ0n) is 21.1. The fourth-order valence-electron chi connectivity index (χ4n) is 5.43. The van der Waals surface area contributed by atoms with E-state index in [9.17, 15) is 19.5 Å². The summed E-state index contributed by atoms with van der Waals surface area (Å²) in [4.78, 5) is 42.4. The molecule has 2 N–H and O–H groups in total. The summed E-state index contributed by atoms with van der Waals surface area (Å²) >= 11 is 1.53. The van der Waals surface area contributed by atoms with Crippen LogP contribution in [-0.4, -0.2) is 74.3 Å². The number of ether oxygens (including phenoxy) is 1. The molecule has 3 aliphatic rings. The number of nitrogens with one attached hydrogen (secondary N) is 1. The van der Waals surface area contributed by atoms with E-state index >= 15 is 0 Å². The van der Waals surface area contributed by atoms with Crippen LogP contribution < -0.4 is 5.32 Å². The molecule has 3 aliphatic heterocycles. The highest BCUT2D eigenvalue weighted by atomic mass is 32.2. The quantitative estimate of drug-likeness (QED) is 0.515. The Kier molecular flexibility index (Phi) is 7.29. The van der Waals surface area contributed by atoms with E-state index in [1.54, 1.807) is 0 Å². The number of benzene rings is 2. The number of rotatable bonds is 8. The molecule has 196 valence electrons. The summed E-state index contributed by atoms with van der Waals surface area (Å²) in [5.41, 5.74) is 3.07. The van der Waals surface area contributed by atoms with Crippen LogP contribution in [0.3, 0.4) is 0 Å². The van der Waals surface area contributed by atoms with Gasteiger partial charge in [-0.05, 0) is 49.8 Å². The van der Waals surface area contributed by atoms with E-state index in [-0.39, 0.29) is 18.2 Å². The molecular weight excluding hydrogens is 490 g/mol. The van der Waals surface area contributed by atoms with Gasteiger partial charge < -0.3 is 25.0 Å². The molecule has 1 unspecified atom stereocenters.